The molecule has 3 N–H and O–H groups in total. The molecule has 35 heavy (non-hydrogen) atoms. The van der Waals surface area contributed by atoms with E-state index >= 15 is 0 Å². The fraction of sp³-hybridized carbons (Fsp3) is 0.480. The van der Waals surface area contributed by atoms with Gasteiger partial charge in [0.1, 0.15) is 5.52 Å². The van der Waals surface area contributed by atoms with E-state index < -0.39 is 5.54 Å². The molecule has 5 heterocycles. The Bertz CT molecular complexity index is 1410. The Morgan fingerprint density at radius 2 is 2.03 bits per heavy atom. The molecule has 0 amide bonds. The van der Waals surface area contributed by atoms with Crippen molar-refractivity contribution in [2.45, 2.75) is 69.2 Å². The van der Waals surface area contributed by atoms with E-state index in [4.69, 9.17) is 10.1 Å². The molecule has 1 aliphatic heterocycles. The van der Waals surface area contributed by atoms with Crippen LogP contribution in [-0.4, -0.2) is 52.9 Å². The second-order valence-electron chi connectivity index (χ2n) is 10.4. The minimum Gasteiger partial charge on any atom is -0.327 e. The normalized spacial score (nSPS) is 22.3. The number of fused-ring (bicyclic) bond motifs is 1. The lowest BCUT2D eigenvalue weighted by atomic mass is 9.90. The molecule has 1 atom stereocenters. The van der Waals surface area contributed by atoms with Crippen LogP contribution in [0.5, 0.6) is 0 Å². The maximum Gasteiger partial charge on any atom is 0.246 e. The van der Waals surface area contributed by atoms with Gasteiger partial charge in [-0.15, -0.1) is 5.10 Å². The van der Waals surface area contributed by atoms with Gasteiger partial charge in [-0.25, -0.2) is 4.52 Å². The monoisotopic (exact) mass is 471 g/mol. The molecule has 0 unspecified atom stereocenters. The van der Waals surface area contributed by atoms with Gasteiger partial charge in [-0.1, -0.05) is 0 Å². The van der Waals surface area contributed by atoms with Crippen molar-refractivity contribution in [2.75, 3.05) is 16.8 Å². The number of anilines is 3. The highest BCUT2D eigenvalue weighted by molar-refractivity contribution is 5.93. The quantitative estimate of drug-likeness (QED) is 0.357. The molecule has 2 aliphatic carbocycles. The van der Waals surface area contributed by atoms with Gasteiger partial charge in [0.05, 0.1) is 17.7 Å². The molecular formula is C25H29N9O. The summed E-state index contributed by atoms with van der Waals surface area (Å²) in [4.78, 5) is 20.6. The fourth-order valence-corrected chi connectivity index (χ4v) is 5.25. The molecule has 0 radical (unpaired) electrons. The third-order valence-corrected chi connectivity index (χ3v) is 7.72. The van der Waals surface area contributed by atoms with Crippen LogP contribution in [0.1, 0.15) is 74.4 Å². The number of carbonyl (C=O) groups is 1. The number of aromatic nitrogens is 7. The van der Waals surface area contributed by atoms with Gasteiger partial charge in [0, 0.05) is 42.0 Å². The molecule has 10 heteroatoms. The summed E-state index contributed by atoms with van der Waals surface area (Å²) in [5, 5.41) is 23.2. The molecule has 4 aromatic rings. The van der Waals surface area contributed by atoms with E-state index in [0.717, 1.165) is 47.8 Å². The van der Waals surface area contributed by atoms with Gasteiger partial charge in [0.2, 0.25) is 5.95 Å². The van der Waals surface area contributed by atoms with E-state index in [2.05, 4.69) is 42.7 Å². The predicted molar refractivity (Wildman–Crippen MR) is 131 cm³/mol. The van der Waals surface area contributed by atoms with Crippen LogP contribution >= 0.6 is 0 Å². The highest BCUT2D eigenvalue weighted by Crippen LogP contribution is 2.41. The molecule has 0 aromatic carbocycles. The summed E-state index contributed by atoms with van der Waals surface area (Å²) in [5.74, 6) is 3.29. The fourth-order valence-electron chi connectivity index (χ4n) is 5.25. The average molecular weight is 472 g/mol. The first-order valence-corrected chi connectivity index (χ1v) is 12.6. The number of H-pyrrole nitrogens is 2. The zero-order chi connectivity index (χ0) is 23.6. The topological polar surface area (TPSA) is 120 Å². The van der Waals surface area contributed by atoms with Gasteiger partial charge >= 0.3 is 0 Å². The number of ketones is 1. The van der Waals surface area contributed by atoms with E-state index in [-0.39, 0.29) is 5.78 Å². The van der Waals surface area contributed by atoms with Crippen LogP contribution in [0, 0.1) is 0 Å². The molecule has 10 nitrogen and oxygen atoms in total. The zero-order valence-corrected chi connectivity index (χ0v) is 19.8. The zero-order valence-electron chi connectivity index (χ0n) is 19.8. The predicted octanol–water partition coefficient (Wildman–Crippen LogP) is 3.84. The average Bonchev–Trinajstić information content (AvgIpc) is 3.66. The van der Waals surface area contributed by atoms with Crippen LogP contribution < -0.4 is 10.2 Å². The molecule has 3 aliphatic rings. The summed E-state index contributed by atoms with van der Waals surface area (Å²) in [6, 6.07) is 8.04. The largest absolute Gasteiger partial charge is 0.327 e. The van der Waals surface area contributed by atoms with Crippen molar-refractivity contribution >= 4 is 28.9 Å². The van der Waals surface area contributed by atoms with Gasteiger partial charge in [-0.05, 0) is 63.6 Å². The number of nitrogens with one attached hydrogen (secondary N) is 3. The molecule has 1 saturated heterocycles. The van der Waals surface area contributed by atoms with Crippen molar-refractivity contribution in [3.63, 3.8) is 0 Å². The van der Waals surface area contributed by atoms with Crippen LogP contribution in [0.2, 0.25) is 0 Å². The van der Waals surface area contributed by atoms with Gasteiger partial charge in [-0.3, -0.25) is 15.0 Å². The SMILES string of the molecule is C[C@@]1(C(=O)Cc2cc(C3CC3)n[nH]2)CCCN1c1nc(Nc2cc(C3CC3)[nH]n2)c2cccn2n1. The summed E-state index contributed by atoms with van der Waals surface area (Å²) in [6.07, 6.45) is 8.74. The molecule has 4 aromatic heterocycles. The lowest BCUT2D eigenvalue weighted by Crippen LogP contribution is -2.49. The van der Waals surface area contributed by atoms with Gasteiger partial charge in [-0.2, -0.15) is 15.2 Å². The molecule has 0 spiro atoms. The number of hydrogen-bond donors (Lipinski definition) is 3. The van der Waals surface area contributed by atoms with Crippen LogP contribution in [0.15, 0.2) is 30.5 Å². The first-order chi connectivity index (χ1) is 17.1. The number of hydrogen-bond acceptors (Lipinski definition) is 7. The first-order valence-electron chi connectivity index (χ1n) is 12.6. The molecule has 2 saturated carbocycles. The minimum absolute atomic E-state index is 0.160. The highest BCUT2D eigenvalue weighted by atomic mass is 16.1. The lowest BCUT2D eigenvalue weighted by Gasteiger charge is -2.34. The minimum atomic E-state index is -0.672. The maximum absolute atomic E-state index is 13.6. The van der Waals surface area contributed by atoms with Crippen molar-refractivity contribution in [1.29, 1.82) is 0 Å². The number of Topliss-reactive ketones (excluding diaryl/α,β-unsaturated/α-hetero) is 1. The Morgan fingerprint density at radius 1 is 1.17 bits per heavy atom. The van der Waals surface area contributed by atoms with E-state index in [0.29, 0.717) is 30.0 Å². The molecule has 180 valence electrons. The summed E-state index contributed by atoms with van der Waals surface area (Å²) in [6.45, 7) is 2.76. The van der Waals surface area contributed by atoms with Crippen LogP contribution in [0.4, 0.5) is 17.6 Å². The van der Waals surface area contributed by atoms with Crippen LogP contribution in [0.25, 0.3) is 5.52 Å². The number of rotatable bonds is 8. The third-order valence-electron chi connectivity index (χ3n) is 7.72. The summed E-state index contributed by atoms with van der Waals surface area (Å²) in [5.41, 5.74) is 3.33. The summed E-state index contributed by atoms with van der Waals surface area (Å²) < 4.78 is 1.82. The second-order valence-corrected chi connectivity index (χ2v) is 10.4. The molecule has 3 fully saturated rings. The Balaban J connectivity index is 1.17. The molecular weight excluding hydrogens is 442 g/mol. The third kappa shape index (κ3) is 3.67. The van der Waals surface area contributed by atoms with E-state index in [1.165, 1.54) is 25.7 Å². The summed E-state index contributed by atoms with van der Waals surface area (Å²) >= 11 is 0. The van der Waals surface area contributed by atoms with Crippen molar-refractivity contribution in [3.8, 4) is 0 Å². The van der Waals surface area contributed by atoms with Gasteiger partial charge < -0.3 is 10.2 Å². The highest BCUT2D eigenvalue weighted by Gasteiger charge is 2.44. The standard InChI is InChI=1S/C25H29N9O/c1-25(21(35)13-17-12-18(29-28-17)15-5-6-15)9-3-10-33(25)24-27-23(20-4-2-11-34(20)32-24)26-22-14-19(30-31-22)16-7-8-16/h2,4,11-12,14-16H,3,5-10,13H2,1H3,(H,28,29)(H2,26,27,30,31,32)/t25-/m0/s1. The molecule has 0 bridgehead atoms. The van der Waals surface area contributed by atoms with Crippen molar-refractivity contribution in [3.05, 3.63) is 47.5 Å². The number of aromatic amines is 2. The van der Waals surface area contributed by atoms with Gasteiger partial charge in [0.25, 0.3) is 0 Å². The van der Waals surface area contributed by atoms with Crippen molar-refractivity contribution < 1.29 is 4.79 Å². The Hall–Kier alpha value is -3.69. The number of carbonyl (C=O) groups excluding carboxylic acids is 1. The number of nitrogens with zero attached hydrogens (tertiary/aromatic N) is 6. The Kier molecular flexibility index (Phi) is 4.52. The van der Waals surface area contributed by atoms with Crippen molar-refractivity contribution in [1.82, 2.24) is 35.0 Å². The van der Waals surface area contributed by atoms with Crippen molar-refractivity contribution in [2.24, 2.45) is 0 Å². The molecule has 7 rings (SSSR count). The van der Waals surface area contributed by atoms with E-state index in [1.54, 1.807) is 0 Å². The Labute approximate surface area is 202 Å². The maximum atomic E-state index is 13.6. The van der Waals surface area contributed by atoms with Crippen LogP contribution in [0.3, 0.4) is 0 Å². The Morgan fingerprint density at radius 3 is 2.86 bits per heavy atom. The smallest absolute Gasteiger partial charge is 0.246 e. The van der Waals surface area contributed by atoms with Gasteiger partial charge in [0.15, 0.2) is 17.4 Å². The lowest BCUT2D eigenvalue weighted by molar-refractivity contribution is -0.122. The first kappa shape index (κ1) is 20.7. The summed E-state index contributed by atoms with van der Waals surface area (Å²) in [7, 11) is 0. The van der Waals surface area contributed by atoms with Crippen LogP contribution in [-0.2, 0) is 11.2 Å². The van der Waals surface area contributed by atoms with E-state index in [1.807, 2.05) is 29.8 Å². The van der Waals surface area contributed by atoms with E-state index in [9.17, 15) is 4.79 Å². The second kappa shape index (κ2) is 7.66.